The third kappa shape index (κ3) is 0.803. The van der Waals surface area contributed by atoms with E-state index >= 15 is 0 Å². The van der Waals surface area contributed by atoms with Crippen LogP contribution in [0.4, 0.5) is 0 Å². The second-order valence-electron chi connectivity index (χ2n) is 2.69. The third-order valence-corrected chi connectivity index (χ3v) is 2.01. The van der Waals surface area contributed by atoms with Crippen LogP contribution < -0.4 is 11.1 Å². The highest BCUT2D eigenvalue weighted by Gasteiger charge is 2.25. The van der Waals surface area contributed by atoms with Crippen LogP contribution in [0.5, 0.6) is 0 Å². The van der Waals surface area contributed by atoms with Gasteiger partial charge in [-0.05, 0) is 0 Å². The van der Waals surface area contributed by atoms with Gasteiger partial charge in [0.2, 0.25) is 0 Å². The second-order valence-corrected chi connectivity index (χ2v) is 2.69. The number of hydrogen-bond acceptors (Lipinski definition) is 4. The summed E-state index contributed by atoms with van der Waals surface area (Å²) >= 11 is 0. The molecule has 1 fully saturated rings. The van der Waals surface area contributed by atoms with Gasteiger partial charge in [-0.3, -0.25) is 4.99 Å². The monoisotopic (exact) mass is 140 g/mol. The van der Waals surface area contributed by atoms with Crippen molar-refractivity contribution in [3.8, 4) is 0 Å². The Hall–Kier alpha value is -0.610. The summed E-state index contributed by atoms with van der Waals surface area (Å²) in [4.78, 5) is 6.47. The number of nitrogens with one attached hydrogen (secondary N) is 1. The smallest absolute Gasteiger partial charge is 0.114 e. The fourth-order valence-corrected chi connectivity index (χ4v) is 1.43. The van der Waals surface area contributed by atoms with Crippen LogP contribution in [-0.4, -0.2) is 43.1 Å². The van der Waals surface area contributed by atoms with E-state index in [0.717, 1.165) is 32.0 Å². The van der Waals surface area contributed by atoms with E-state index < -0.39 is 0 Å². The van der Waals surface area contributed by atoms with Crippen LogP contribution in [0.15, 0.2) is 4.99 Å². The zero-order valence-electron chi connectivity index (χ0n) is 5.88. The number of amidine groups is 1. The van der Waals surface area contributed by atoms with Crippen molar-refractivity contribution in [2.75, 3.05) is 26.2 Å². The minimum atomic E-state index is 0.150. The standard InChI is InChI=1S/C6H12N4/c7-5-3-9-6-4-8-1-2-10(5)6/h5,8H,1-4,7H2. The molecule has 2 rings (SSSR count). The normalized spacial score (nSPS) is 31.9. The summed E-state index contributed by atoms with van der Waals surface area (Å²) in [6.07, 6.45) is 0.150. The molecule has 1 atom stereocenters. The number of nitrogens with two attached hydrogens (primary N) is 1. The predicted molar refractivity (Wildman–Crippen MR) is 39.9 cm³/mol. The van der Waals surface area contributed by atoms with Gasteiger partial charge in [-0.2, -0.15) is 0 Å². The molecular weight excluding hydrogens is 128 g/mol. The highest BCUT2D eigenvalue weighted by molar-refractivity contribution is 5.86. The van der Waals surface area contributed by atoms with Gasteiger partial charge in [0.05, 0.1) is 19.3 Å². The van der Waals surface area contributed by atoms with Crippen LogP contribution >= 0.6 is 0 Å². The van der Waals surface area contributed by atoms with Gasteiger partial charge >= 0.3 is 0 Å². The van der Waals surface area contributed by atoms with Crippen LogP contribution in [-0.2, 0) is 0 Å². The van der Waals surface area contributed by atoms with E-state index in [9.17, 15) is 0 Å². The molecule has 0 aromatic carbocycles. The lowest BCUT2D eigenvalue weighted by Gasteiger charge is -2.29. The van der Waals surface area contributed by atoms with Crippen LogP contribution in [0.1, 0.15) is 0 Å². The fourth-order valence-electron chi connectivity index (χ4n) is 1.43. The molecule has 0 bridgehead atoms. The molecule has 0 aromatic rings. The van der Waals surface area contributed by atoms with Gasteiger partial charge in [0, 0.05) is 13.1 Å². The lowest BCUT2D eigenvalue weighted by Crippen LogP contribution is -2.52. The average molecular weight is 140 g/mol. The van der Waals surface area contributed by atoms with E-state index in [2.05, 4.69) is 15.2 Å². The van der Waals surface area contributed by atoms with Gasteiger partial charge in [0.15, 0.2) is 0 Å². The van der Waals surface area contributed by atoms with Crippen molar-refractivity contribution in [2.45, 2.75) is 6.17 Å². The molecule has 3 N–H and O–H groups in total. The summed E-state index contributed by atoms with van der Waals surface area (Å²) in [6, 6.07) is 0. The largest absolute Gasteiger partial charge is 0.341 e. The summed E-state index contributed by atoms with van der Waals surface area (Å²) in [5.41, 5.74) is 5.77. The van der Waals surface area contributed by atoms with E-state index in [1.165, 1.54) is 0 Å². The Balaban J connectivity index is 2.11. The van der Waals surface area contributed by atoms with Gasteiger partial charge in [-0.15, -0.1) is 0 Å². The number of aliphatic imine (C=N–C) groups is 1. The number of nitrogens with zero attached hydrogens (tertiary/aromatic N) is 2. The van der Waals surface area contributed by atoms with E-state index in [0.29, 0.717) is 0 Å². The van der Waals surface area contributed by atoms with E-state index in [1.54, 1.807) is 0 Å². The van der Waals surface area contributed by atoms with Crippen molar-refractivity contribution in [1.29, 1.82) is 0 Å². The van der Waals surface area contributed by atoms with Crippen LogP contribution in [0, 0.1) is 0 Å². The van der Waals surface area contributed by atoms with Crippen LogP contribution in [0.2, 0.25) is 0 Å². The first-order chi connectivity index (χ1) is 4.88. The minimum absolute atomic E-state index is 0.150. The molecule has 4 nitrogen and oxygen atoms in total. The summed E-state index contributed by atoms with van der Waals surface area (Å²) in [5, 5.41) is 3.25. The molecule has 2 aliphatic rings. The summed E-state index contributed by atoms with van der Waals surface area (Å²) in [5.74, 6) is 1.14. The predicted octanol–water partition coefficient (Wildman–Crippen LogP) is -1.41. The fraction of sp³-hybridized carbons (Fsp3) is 0.833. The maximum absolute atomic E-state index is 5.77. The number of rotatable bonds is 0. The Kier molecular flexibility index (Phi) is 1.35. The van der Waals surface area contributed by atoms with Crippen molar-refractivity contribution in [2.24, 2.45) is 10.7 Å². The van der Waals surface area contributed by atoms with Crippen molar-refractivity contribution < 1.29 is 0 Å². The molecule has 2 heterocycles. The zero-order valence-corrected chi connectivity index (χ0v) is 5.88. The molecule has 1 unspecified atom stereocenters. The van der Waals surface area contributed by atoms with Crippen molar-refractivity contribution >= 4 is 5.84 Å². The third-order valence-electron chi connectivity index (χ3n) is 2.01. The molecule has 0 radical (unpaired) electrons. The molecule has 56 valence electrons. The van der Waals surface area contributed by atoms with Crippen molar-refractivity contribution in [3.05, 3.63) is 0 Å². The minimum Gasteiger partial charge on any atom is -0.341 e. The Morgan fingerprint density at radius 1 is 1.70 bits per heavy atom. The molecule has 0 saturated carbocycles. The van der Waals surface area contributed by atoms with Gasteiger partial charge in [0.25, 0.3) is 0 Å². The Bertz CT molecular complexity index is 165. The van der Waals surface area contributed by atoms with E-state index in [-0.39, 0.29) is 6.17 Å². The Labute approximate surface area is 60.1 Å². The molecule has 0 amide bonds. The first-order valence-electron chi connectivity index (χ1n) is 3.64. The quantitative estimate of drug-likeness (QED) is 0.434. The number of hydrogen-bond donors (Lipinski definition) is 2. The highest BCUT2D eigenvalue weighted by atomic mass is 15.3. The Morgan fingerprint density at radius 2 is 2.60 bits per heavy atom. The van der Waals surface area contributed by atoms with E-state index in [1.807, 2.05) is 0 Å². The first-order valence-corrected chi connectivity index (χ1v) is 3.64. The van der Waals surface area contributed by atoms with Crippen LogP contribution in [0.25, 0.3) is 0 Å². The molecule has 1 saturated heterocycles. The Morgan fingerprint density at radius 3 is 3.40 bits per heavy atom. The molecule has 0 aliphatic carbocycles. The van der Waals surface area contributed by atoms with Crippen molar-refractivity contribution in [3.63, 3.8) is 0 Å². The van der Waals surface area contributed by atoms with Gasteiger partial charge in [-0.1, -0.05) is 0 Å². The molecule has 4 heteroatoms. The number of piperazine rings is 1. The molecule has 10 heavy (non-hydrogen) atoms. The summed E-state index contributed by atoms with van der Waals surface area (Å²) in [6.45, 7) is 3.72. The SMILES string of the molecule is NC1CN=C2CNCCN21. The molecular formula is C6H12N4. The van der Waals surface area contributed by atoms with Gasteiger partial charge < -0.3 is 16.0 Å². The number of fused-ring (bicyclic) bond motifs is 1. The molecule has 2 aliphatic heterocycles. The molecule has 0 spiro atoms. The maximum Gasteiger partial charge on any atom is 0.114 e. The van der Waals surface area contributed by atoms with Gasteiger partial charge in [-0.25, -0.2) is 0 Å². The van der Waals surface area contributed by atoms with Crippen molar-refractivity contribution in [1.82, 2.24) is 10.2 Å². The topological polar surface area (TPSA) is 53.6 Å². The maximum atomic E-state index is 5.77. The average Bonchev–Trinajstić information content (AvgIpc) is 2.34. The zero-order chi connectivity index (χ0) is 6.97. The highest BCUT2D eigenvalue weighted by Crippen LogP contribution is 2.07. The second kappa shape index (κ2) is 2.21. The van der Waals surface area contributed by atoms with Gasteiger partial charge in [0.1, 0.15) is 5.84 Å². The van der Waals surface area contributed by atoms with Crippen LogP contribution in [0.3, 0.4) is 0 Å². The first kappa shape index (κ1) is 6.12. The molecule has 0 aromatic heterocycles. The lowest BCUT2D eigenvalue weighted by atomic mass is 10.3. The van der Waals surface area contributed by atoms with E-state index in [4.69, 9.17) is 5.73 Å². The summed E-state index contributed by atoms with van der Waals surface area (Å²) < 4.78 is 0. The lowest BCUT2D eigenvalue weighted by molar-refractivity contribution is 0.327. The summed E-state index contributed by atoms with van der Waals surface area (Å²) in [7, 11) is 0.